The predicted octanol–water partition coefficient (Wildman–Crippen LogP) is 2.92. The maximum atomic E-state index is 10.9. The van der Waals surface area contributed by atoms with Crippen LogP contribution in [0.4, 0.5) is 5.69 Å². The molecule has 2 aromatic carbocycles. The molecule has 0 bridgehead atoms. The Morgan fingerprint density at radius 3 is 2.67 bits per heavy atom. The maximum Gasteiger partial charge on any atom is 0.270 e. The van der Waals surface area contributed by atoms with Crippen molar-refractivity contribution in [3.8, 4) is 17.6 Å². The molecule has 0 heterocycles. The quantitative estimate of drug-likeness (QED) is 0.330. The van der Waals surface area contributed by atoms with Crippen molar-refractivity contribution < 1.29 is 19.2 Å². The van der Waals surface area contributed by atoms with Gasteiger partial charge < -0.3 is 15.2 Å². The number of allylic oxidation sites excluding steroid dienone is 1. The first-order valence-electron chi connectivity index (χ1n) is 7.99. The molecule has 0 atom stereocenters. The highest BCUT2D eigenvalue weighted by atomic mass is 16.6. The molecule has 0 aromatic heterocycles. The Morgan fingerprint density at radius 1 is 1.26 bits per heavy atom. The van der Waals surface area contributed by atoms with Gasteiger partial charge in [-0.1, -0.05) is 18.2 Å². The van der Waals surface area contributed by atoms with E-state index in [1.807, 2.05) is 6.07 Å². The lowest BCUT2D eigenvalue weighted by atomic mass is 10.0. The summed E-state index contributed by atoms with van der Waals surface area (Å²) in [6.07, 6.45) is 1.58. The number of non-ortho nitro benzene ring substituents is 1. The molecule has 2 rings (SSSR count). The highest BCUT2D eigenvalue weighted by Gasteiger charge is 2.11. The van der Waals surface area contributed by atoms with Gasteiger partial charge in [-0.25, -0.2) is 0 Å². The molecule has 0 radical (unpaired) electrons. The molecular formula is C19H17N3O5. The van der Waals surface area contributed by atoms with Gasteiger partial charge in [0, 0.05) is 12.1 Å². The van der Waals surface area contributed by atoms with Crippen molar-refractivity contribution in [3.63, 3.8) is 0 Å². The molecule has 2 aromatic rings. The highest BCUT2D eigenvalue weighted by Crippen LogP contribution is 2.30. The van der Waals surface area contributed by atoms with Crippen LogP contribution in [0.3, 0.4) is 0 Å². The zero-order chi connectivity index (χ0) is 19.8. The number of benzene rings is 2. The third-order valence-electron chi connectivity index (χ3n) is 3.44. The van der Waals surface area contributed by atoms with Crippen LogP contribution >= 0.6 is 0 Å². The summed E-state index contributed by atoms with van der Waals surface area (Å²) in [6.45, 7) is 1.88. The molecule has 0 aliphatic heterocycles. The van der Waals surface area contributed by atoms with E-state index in [4.69, 9.17) is 15.2 Å². The Hall–Kier alpha value is -3.86. The molecule has 8 nitrogen and oxygen atoms in total. The lowest BCUT2D eigenvalue weighted by molar-refractivity contribution is -0.384. The van der Waals surface area contributed by atoms with Gasteiger partial charge in [0.1, 0.15) is 0 Å². The summed E-state index contributed by atoms with van der Waals surface area (Å²) < 4.78 is 10.8. The standard InChI is InChI=1S/C19H17N3O5/c1-2-26-18-9-13(6-7-17(18)27-12-19(21)23)8-15(11-20)14-4-3-5-16(10-14)22(24)25/h3-10H,2,12H2,1H3,(H2,21,23)/b15-8-. The summed E-state index contributed by atoms with van der Waals surface area (Å²) in [5.74, 6) is 0.129. The molecule has 0 saturated heterocycles. The predicted molar refractivity (Wildman–Crippen MR) is 98.9 cm³/mol. The molecule has 2 N–H and O–H groups in total. The second-order valence-corrected chi connectivity index (χ2v) is 5.37. The summed E-state index contributed by atoms with van der Waals surface area (Å²) in [7, 11) is 0. The number of nitrogens with zero attached hydrogens (tertiary/aromatic N) is 2. The van der Waals surface area contributed by atoms with E-state index in [1.54, 1.807) is 37.3 Å². The van der Waals surface area contributed by atoms with Crippen LogP contribution in [0.2, 0.25) is 0 Å². The van der Waals surface area contributed by atoms with Gasteiger partial charge in [0.2, 0.25) is 0 Å². The molecular weight excluding hydrogens is 350 g/mol. The molecule has 0 fully saturated rings. The van der Waals surface area contributed by atoms with E-state index in [1.165, 1.54) is 18.2 Å². The number of nitriles is 1. The minimum Gasteiger partial charge on any atom is -0.490 e. The molecule has 1 amide bonds. The van der Waals surface area contributed by atoms with E-state index in [0.717, 1.165) is 0 Å². The summed E-state index contributed by atoms with van der Waals surface area (Å²) in [5, 5.41) is 20.4. The van der Waals surface area contributed by atoms with Gasteiger partial charge in [-0.05, 0) is 36.3 Å². The van der Waals surface area contributed by atoms with Gasteiger partial charge in [0.25, 0.3) is 11.6 Å². The Balaban J connectivity index is 2.39. The molecule has 0 saturated carbocycles. The fraction of sp³-hybridized carbons (Fsp3) is 0.158. The van der Waals surface area contributed by atoms with Crippen LogP contribution in [0.1, 0.15) is 18.1 Å². The van der Waals surface area contributed by atoms with Crippen LogP contribution in [0, 0.1) is 21.4 Å². The van der Waals surface area contributed by atoms with E-state index < -0.39 is 10.8 Å². The minimum absolute atomic E-state index is 0.0983. The van der Waals surface area contributed by atoms with Crippen LogP contribution < -0.4 is 15.2 Å². The van der Waals surface area contributed by atoms with Gasteiger partial charge >= 0.3 is 0 Å². The zero-order valence-corrected chi connectivity index (χ0v) is 14.5. The van der Waals surface area contributed by atoms with Gasteiger partial charge in [-0.3, -0.25) is 14.9 Å². The zero-order valence-electron chi connectivity index (χ0n) is 14.5. The molecule has 8 heteroatoms. The number of primary amides is 1. The smallest absolute Gasteiger partial charge is 0.270 e. The number of rotatable bonds is 8. The topological polar surface area (TPSA) is 128 Å². The van der Waals surface area contributed by atoms with E-state index in [0.29, 0.717) is 29.2 Å². The second-order valence-electron chi connectivity index (χ2n) is 5.37. The second kappa shape index (κ2) is 9.01. The average molecular weight is 367 g/mol. The van der Waals surface area contributed by atoms with E-state index in [9.17, 15) is 20.2 Å². The Labute approximate surface area is 155 Å². The summed E-state index contributed by atoms with van der Waals surface area (Å²) >= 11 is 0. The monoisotopic (exact) mass is 367 g/mol. The molecule has 0 unspecified atom stereocenters. The summed E-state index contributed by atoms with van der Waals surface area (Å²) in [5.41, 5.74) is 6.30. The maximum absolute atomic E-state index is 10.9. The lowest BCUT2D eigenvalue weighted by Crippen LogP contribution is -2.20. The first-order chi connectivity index (χ1) is 12.9. The van der Waals surface area contributed by atoms with Crippen molar-refractivity contribution in [3.05, 3.63) is 63.7 Å². The van der Waals surface area contributed by atoms with Crippen LogP contribution in [-0.2, 0) is 4.79 Å². The van der Waals surface area contributed by atoms with Crippen molar-refractivity contribution in [1.29, 1.82) is 5.26 Å². The number of carbonyl (C=O) groups is 1. The first kappa shape index (κ1) is 19.5. The van der Waals surface area contributed by atoms with E-state index >= 15 is 0 Å². The number of nitrogens with two attached hydrogens (primary N) is 1. The van der Waals surface area contributed by atoms with Crippen molar-refractivity contribution in [1.82, 2.24) is 0 Å². The first-order valence-corrected chi connectivity index (χ1v) is 7.99. The van der Waals surface area contributed by atoms with Crippen molar-refractivity contribution in [2.45, 2.75) is 6.92 Å². The fourth-order valence-electron chi connectivity index (χ4n) is 2.28. The van der Waals surface area contributed by atoms with Gasteiger partial charge in [0.15, 0.2) is 18.1 Å². The van der Waals surface area contributed by atoms with Crippen molar-refractivity contribution in [2.24, 2.45) is 5.73 Å². The summed E-state index contributed by atoms with van der Waals surface area (Å²) in [6, 6.07) is 12.8. The normalized spacial score (nSPS) is 10.7. The Kier molecular flexibility index (Phi) is 6.49. The highest BCUT2D eigenvalue weighted by molar-refractivity contribution is 5.90. The van der Waals surface area contributed by atoms with E-state index in [-0.39, 0.29) is 17.9 Å². The number of hydrogen-bond acceptors (Lipinski definition) is 6. The third kappa shape index (κ3) is 5.31. The summed E-state index contributed by atoms with van der Waals surface area (Å²) in [4.78, 5) is 21.3. The van der Waals surface area contributed by atoms with Crippen LogP contribution in [0.15, 0.2) is 42.5 Å². The Bertz CT molecular complexity index is 931. The van der Waals surface area contributed by atoms with Crippen LogP contribution in [-0.4, -0.2) is 24.0 Å². The molecule has 0 aliphatic rings. The van der Waals surface area contributed by atoms with E-state index in [2.05, 4.69) is 0 Å². The van der Waals surface area contributed by atoms with Crippen molar-refractivity contribution in [2.75, 3.05) is 13.2 Å². The fourth-order valence-corrected chi connectivity index (χ4v) is 2.28. The lowest BCUT2D eigenvalue weighted by Gasteiger charge is -2.11. The number of nitro benzene ring substituents is 1. The molecule has 0 aliphatic carbocycles. The molecule has 0 spiro atoms. The number of nitro groups is 1. The third-order valence-corrected chi connectivity index (χ3v) is 3.44. The SMILES string of the molecule is CCOc1cc(/C=C(/C#N)c2cccc([N+](=O)[O-])c2)ccc1OCC(N)=O. The van der Waals surface area contributed by atoms with Crippen molar-refractivity contribution >= 4 is 23.2 Å². The number of carbonyl (C=O) groups excluding carboxylic acids is 1. The van der Waals surface area contributed by atoms with Gasteiger partial charge in [0.05, 0.1) is 23.2 Å². The number of hydrogen-bond donors (Lipinski definition) is 1. The minimum atomic E-state index is -0.612. The van der Waals surface area contributed by atoms with Gasteiger partial charge in [-0.2, -0.15) is 5.26 Å². The number of amides is 1. The van der Waals surface area contributed by atoms with Crippen LogP contribution in [0.5, 0.6) is 11.5 Å². The van der Waals surface area contributed by atoms with Crippen LogP contribution in [0.25, 0.3) is 11.6 Å². The Morgan fingerprint density at radius 2 is 2.04 bits per heavy atom. The molecule has 27 heavy (non-hydrogen) atoms. The van der Waals surface area contributed by atoms with Gasteiger partial charge in [-0.15, -0.1) is 0 Å². The average Bonchev–Trinajstić information content (AvgIpc) is 2.65. The molecule has 138 valence electrons. The number of ether oxygens (including phenoxy) is 2. The largest absolute Gasteiger partial charge is 0.490 e.